The lowest BCUT2D eigenvalue weighted by Crippen LogP contribution is -2.46. The number of urea groups is 1. The van der Waals surface area contributed by atoms with Crippen molar-refractivity contribution in [2.45, 2.75) is 18.6 Å². The number of nitrogens with one attached hydrogen (secondary N) is 2. The van der Waals surface area contributed by atoms with E-state index in [9.17, 15) is 27.6 Å². The van der Waals surface area contributed by atoms with Crippen LogP contribution in [0.25, 0.3) is 10.8 Å². The Labute approximate surface area is 228 Å². The first-order chi connectivity index (χ1) is 18.6. The van der Waals surface area contributed by atoms with Gasteiger partial charge in [-0.15, -0.1) is 0 Å². The number of carbonyl (C=O) groups excluding carboxylic acids is 1. The number of hydrogen-bond acceptors (Lipinski definition) is 4. The lowest BCUT2D eigenvalue weighted by atomic mass is 9.89. The van der Waals surface area contributed by atoms with Gasteiger partial charge in [0.2, 0.25) is 0 Å². The van der Waals surface area contributed by atoms with Crippen LogP contribution in [0.15, 0.2) is 48.7 Å². The van der Waals surface area contributed by atoms with Gasteiger partial charge in [-0.25, -0.2) is 14.2 Å². The number of fused-ring (bicyclic) bond motifs is 1. The molecule has 1 atom stereocenters. The van der Waals surface area contributed by atoms with Crippen molar-refractivity contribution in [3.63, 3.8) is 0 Å². The molecule has 6 nitrogen and oxygen atoms in total. The van der Waals surface area contributed by atoms with Crippen LogP contribution >= 0.6 is 23.2 Å². The Bertz CT molecular complexity index is 1750. The Morgan fingerprint density at radius 1 is 1.13 bits per heavy atom. The number of nitriles is 1. The van der Waals surface area contributed by atoms with Gasteiger partial charge in [0.1, 0.15) is 11.6 Å². The van der Waals surface area contributed by atoms with Crippen molar-refractivity contribution in [1.29, 1.82) is 5.26 Å². The van der Waals surface area contributed by atoms with Crippen LogP contribution in [0.2, 0.25) is 10.0 Å². The number of amides is 2. The zero-order valence-corrected chi connectivity index (χ0v) is 21.1. The third-order valence-electron chi connectivity index (χ3n) is 6.89. The van der Waals surface area contributed by atoms with E-state index in [2.05, 4.69) is 21.7 Å². The maximum Gasteiger partial charge on any atom is 0.417 e. The summed E-state index contributed by atoms with van der Waals surface area (Å²) in [4.78, 5) is 18.8. The van der Waals surface area contributed by atoms with Crippen molar-refractivity contribution in [1.82, 2.24) is 10.3 Å². The lowest BCUT2D eigenvalue weighted by molar-refractivity contribution is -0.136. The maximum atomic E-state index is 14.4. The third kappa shape index (κ3) is 4.09. The Hall–Kier alpha value is -4.07. The molecule has 3 heterocycles. The fraction of sp³-hybridized carbons (Fsp3) is 0.148. The summed E-state index contributed by atoms with van der Waals surface area (Å²) in [6, 6.07) is 9.81. The molecule has 0 aliphatic carbocycles. The molecule has 2 aliphatic rings. The second kappa shape index (κ2) is 9.00. The van der Waals surface area contributed by atoms with Crippen LogP contribution in [0.1, 0.15) is 33.9 Å². The zero-order chi connectivity index (χ0) is 27.6. The van der Waals surface area contributed by atoms with Crippen molar-refractivity contribution in [3.8, 4) is 6.07 Å². The highest BCUT2D eigenvalue weighted by Gasteiger charge is 2.41. The highest BCUT2D eigenvalue weighted by atomic mass is 35.5. The topological polar surface area (TPSA) is 81.1 Å². The summed E-state index contributed by atoms with van der Waals surface area (Å²) in [5.41, 5.74) is 1.60. The van der Waals surface area contributed by atoms with Crippen molar-refractivity contribution in [2.75, 3.05) is 16.8 Å². The number of hydrogen-bond donors (Lipinski definition) is 2. The van der Waals surface area contributed by atoms with Crippen LogP contribution in [0, 0.1) is 17.1 Å². The fourth-order valence-electron chi connectivity index (χ4n) is 5.28. The van der Waals surface area contributed by atoms with Gasteiger partial charge >= 0.3 is 12.2 Å². The first-order valence-corrected chi connectivity index (χ1v) is 12.4. The molecule has 0 unspecified atom stereocenters. The fourth-order valence-corrected chi connectivity index (χ4v) is 5.68. The number of rotatable bonds is 3. The number of aromatic nitrogens is 1. The minimum absolute atomic E-state index is 0.0602. The van der Waals surface area contributed by atoms with Gasteiger partial charge in [-0.3, -0.25) is 4.90 Å². The molecular weight excluding hydrogens is 557 g/mol. The molecule has 2 aliphatic heterocycles. The average molecular weight is 572 g/mol. The molecule has 196 valence electrons. The summed E-state index contributed by atoms with van der Waals surface area (Å²) < 4.78 is 55.5. The molecule has 0 spiro atoms. The molecule has 0 bridgehead atoms. The van der Waals surface area contributed by atoms with Crippen LogP contribution < -0.4 is 15.5 Å². The van der Waals surface area contributed by atoms with E-state index in [0.29, 0.717) is 51.5 Å². The predicted molar refractivity (Wildman–Crippen MR) is 139 cm³/mol. The van der Waals surface area contributed by atoms with Gasteiger partial charge in [0.25, 0.3) is 0 Å². The van der Waals surface area contributed by atoms with E-state index in [1.54, 1.807) is 24.3 Å². The Morgan fingerprint density at radius 3 is 2.67 bits per heavy atom. The summed E-state index contributed by atoms with van der Waals surface area (Å²) in [6.45, 7) is 0.328. The van der Waals surface area contributed by atoms with Crippen molar-refractivity contribution in [2.24, 2.45) is 0 Å². The van der Waals surface area contributed by atoms with Gasteiger partial charge in [-0.1, -0.05) is 23.2 Å². The smallest absolute Gasteiger partial charge is 0.339 e. The van der Waals surface area contributed by atoms with Gasteiger partial charge in [0.05, 0.1) is 28.9 Å². The molecule has 2 N–H and O–H groups in total. The normalized spacial score (nSPS) is 16.2. The SMILES string of the molecule is N#Cc1cc(Nc2nccc3c(C(F)(F)F)cc(F)cc23)c2c3c1CCN3C(=O)N[C@@H]2c1cc(Cl)ccc1Cl. The van der Waals surface area contributed by atoms with Crippen LogP contribution in [0.4, 0.5) is 39.5 Å². The van der Waals surface area contributed by atoms with Gasteiger partial charge in [-0.05, 0) is 65.4 Å². The van der Waals surface area contributed by atoms with Crippen molar-refractivity contribution in [3.05, 3.63) is 92.3 Å². The van der Waals surface area contributed by atoms with Crippen LogP contribution in [-0.2, 0) is 12.6 Å². The second-order valence-electron chi connectivity index (χ2n) is 9.11. The van der Waals surface area contributed by atoms with E-state index in [-0.39, 0.29) is 27.8 Å². The minimum Gasteiger partial charge on any atom is -0.339 e. The third-order valence-corrected chi connectivity index (χ3v) is 7.47. The summed E-state index contributed by atoms with van der Waals surface area (Å²) in [7, 11) is 0. The molecule has 0 saturated heterocycles. The standard InChI is InChI=1S/C27H15Cl2F4N5O/c28-13-1-2-20(29)18(8-13)23-22-21(7-12(11-34)15-4-6-38(24(15)22)26(39)37-23)36-25-17-9-14(30)10-19(27(31,32)33)16(17)3-5-35-25/h1-3,5,7-10,23H,4,6H2,(H,35,36)(H,37,39)/t23-/m1/s1. The molecule has 4 aromatic rings. The van der Waals surface area contributed by atoms with E-state index in [0.717, 1.165) is 12.1 Å². The number of nitrogens with zero attached hydrogens (tertiary/aromatic N) is 3. The summed E-state index contributed by atoms with van der Waals surface area (Å²) in [5.74, 6) is -1.14. The molecule has 3 aromatic carbocycles. The Balaban J connectivity index is 1.61. The maximum absolute atomic E-state index is 14.4. The van der Waals surface area contributed by atoms with Gasteiger partial charge in [0.15, 0.2) is 0 Å². The Morgan fingerprint density at radius 2 is 1.92 bits per heavy atom. The number of carbonyl (C=O) groups is 1. The van der Waals surface area contributed by atoms with E-state index in [4.69, 9.17) is 23.2 Å². The van der Waals surface area contributed by atoms with Crippen LogP contribution in [-0.4, -0.2) is 17.6 Å². The van der Waals surface area contributed by atoms with E-state index in [1.807, 2.05) is 0 Å². The van der Waals surface area contributed by atoms with Crippen molar-refractivity contribution < 1.29 is 22.4 Å². The summed E-state index contributed by atoms with van der Waals surface area (Å²) >= 11 is 12.7. The van der Waals surface area contributed by atoms with Gasteiger partial charge < -0.3 is 10.6 Å². The number of anilines is 3. The van der Waals surface area contributed by atoms with E-state index >= 15 is 0 Å². The quantitative estimate of drug-likeness (QED) is 0.250. The highest BCUT2D eigenvalue weighted by Crippen LogP contribution is 2.49. The van der Waals surface area contributed by atoms with Gasteiger partial charge in [0, 0.05) is 39.4 Å². The molecule has 6 rings (SSSR count). The van der Waals surface area contributed by atoms with Crippen molar-refractivity contribution >= 4 is 57.2 Å². The molecule has 39 heavy (non-hydrogen) atoms. The number of pyridine rings is 1. The molecule has 0 radical (unpaired) electrons. The van der Waals surface area contributed by atoms with Gasteiger partial charge in [-0.2, -0.15) is 18.4 Å². The molecule has 0 saturated carbocycles. The first-order valence-electron chi connectivity index (χ1n) is 11.6. The molecule has 2 amide bonds. The lowest BCUT2D eigenvalue weighted by Gasteiger charge is -2.35. The minimum atomic E-state index is -4.80. The first kappa shape index (κ1) is 25.2. The monoisotopic (exact) mass is 571 g/mol. The molecule has 0 fully saturated rings. The van der Waals surface area contributed by atoms with E-state index in [1.165, 1.54) is 11.1 Å². The average Bonchev–Trinajstić information content (AvgIpc) is 3.34. The number of benzene rings is 3. The predicted octanol–water partition coefficient (Wildman–Crippen LogP) is 7.49. The highest BCUT2D eigenvalue weighted by molar-refractivity contribution is 6.33. The Kier molecular flexibility index (Phi) is 5.82. The number of alkyl halides is 3. The molecule has 12 heteroatoms. The second-order valence-corrected chi connectivity index (χ2v) is 9.95. The van der Waals surface area contributed by atoms with Crippen LogP contribution in [0.3, 0.4) is 0 Å². The molecular formula is C27H15Cl2F4N5O. The van der Waals surface area contributed by atoms with Crippen LogP contribution in [0.5, 0.6) is 0 Å². The zero-order valence-electron chi connectivity index (χ0n) is 19.6. The van der Waals surface area contributed by atoms with E-state index < -0.39 is 29.6 Å². The summed E-state index contributed by atoms with van der Waals surface area (Å²) in [6.07, 6.45) is -3.19. The summed E-state index contributed by atoms with van der Waals surface area (Å²) in [5, 5.41) is 16.2. The largest absolute Gasteiger partial charge is 0.417 e. The molecule has 1 aromatic heterocycles. The number of halogens is 6.